The average Bonchev–Trinajstić information content (AvgIpc) is 3.19. The average molecular weight is 382 g/mol. The fourth-order valence-corrected chi connectivity index (χ4v) is 3.60. The second-order valence-corrected chi connectivity index (χ2v) is 7.07. The Balaban J connectivity index is 1.77. The van der Waals surface area contributed by atoms with Crippen molar-refractivity contribution in [3.63, 3.8) is 0 Å². The molecular weight excluding hydrogens is 366 g/mol. The zero-order chi connectivity index (χ0) is 18.9. The lowest BCUT2D eigenvalue weighted by molar-refractivity contribution is 0.620. The molecule has 5 aromatic rings. The minimum absolute atomic E-state index is 0.569. The Morgan fingerprint density at radius 1 is 0.607 bits per heavy atom. The van der Waals surface area contributed by atoms with Gasteiger partial charge in [0.2, 0.25) is 5.89 Å². The molecule has 1 heterocycles. The molecule has 5 rings (SSSR count). The highest BCUT2D eigenvalue weighted by atomic mass is 35.5. The van der Waals surface area contributed by atoms with Gasteiger partial charge in [-0.2, -0.15) is 0 Å². The number of hydrogen-bond acceptors (Lipinski definition) is 2. The van der Waals surface area contributed by atoms with Gasteiger partial charge in [-0.25, -0.2) is 4.98 Å². The fraction of sp³-hybridized carbons (Fsp3) is 0. The third kappa shape index (κ3) is 3.08. The molecule has 0 saturated carbocycles. The van der Waals surface area contributed by atoms with Gasteiger partial charge in [0.05, 0.1) is 0 Å². The van der Waals surface area contributed by atoms with Crippen molar-refractivity contribution in [2.75, 3.05) is 0 Å². The summed E-state index contributed by atoms with van der Waals surface area (Å²) in [6.45, 7) is 0. The summed E-state index contributed by atoms with van der Waals surface area (Å²) in [5.41, 5.74) is 6.87. The van der Waals surface area contributed by atoms with Crippen LogP contribution in [0.1, 0.15) is 0 Å². The molecule has 134 valence electrons. The Morgan fingerprint density at radius 2 is 1.29 bits per heavy atom. The standard InChI is InChI=1S/C25H16ClNO/c26-21-13-7-12-19(14-21)25-27-24-22(18-10-5-2-6-11-18)15-20(16-23(24)28-25)17-8-3-1-4-9-17/h1-16H. The molecule has 2 nitrogen and oxygen atoms in total. The Morgan fingerprint density at radius 3 is 2.00 bits per heavy atom. The highest BCUT2D eigenvalue weighted by molar-refractivity contribution is 6.30. The van der Waals surface area contributed by atoms with Crippen LogP contribution in [0.5, 0.6) is 0 Å². The molecule has 4 aromatic carbocycles. The van der Waals surface area contributed by atoms with Crippen molar-refractivity contribution in [2.24, 2.45) is 0 Å². The second-order valence-electron chi connectivity index (χ2n) is 6.63. The monoisotopic (exact) mass is 381 g/mol. The molecule has 0 N–H and O–H groups in total. The van der Waals surface area contributed by atoms with E-state index in [1.54, 1.807) is 0 Å². The maximum Gasteiger partial charge on any atom is 0.227 e. The summed E-state index contributed by atoms with van der Waals surface area (Å²) in [5.74, 6) is 0.569. The van der Waals surface area contributed by atoms with Crippen LogP contribution >= 0.6 is 11.6 Å². The van der Waals surface area contributed by atoms with Gasteiger partial charge in [-0.05, 0) is 47.0 Å². The molecule has 0 spiro atoms. The van der Waals surface area contributed by atoms with Gasteiger partial charge in [0.1, 0.15) is 5.52 Å². The van der Waals surface area contributed by atoms with Gasteiger partial charge in [0.15, 0.2) is 5.58 Å². The quantitative estimate of drug-likeness (QED) is 0.323. The molecule has 0 fully saturated rings. The molecule has 0 atom stereocenters. The summed E-state index contributed by atoms with van der Waals surface area (Å²) in [4.78, 5) is 4.81. The number of aromatic nitrogens is 1. The van der Waals surface area contributed by atoms with Crippen LogP contribution in [0.25, 0.3) is 44.8 Å². The van der Waals surface area contributed by atoms with Crippen LogP contribution in [-0.4, -0.2) is 4.98 Å². The van der Waals surface area contributed by atoms with Crippen LogP contribution in [0.3, 0.4) is 0 Å². The summed E-state index contributed by atoms with van der Waals surface area (Å²) in [5, 5.41) is 0.660. The number of halogens is 1. The Hall–Kier alpha value is -3.36. The molecule has 3 heteroatoms. The predicted molar refractivity (Wildman–Crippen MR) is 115 cm³/mol. The van der Waals surface area contributed by atoms with Crippen molar-refractivity contribution in [3.05, 3.63) is 102 Å². The van der Waals surface area contributed by atoms with Gasteiger partial charge in [0, 0.05) is 16.1 Å². The topological polar surface area (TPSA) is 26.0 Å². The maximum absolute atomic E-state index is 6.16. The van der Waals surface area contributed by atoms with Crippen LogP contribution in [0, 0.1) is 0 Å². The first-order chi connectivity index (χ1) is 13.8. The third-order valence-corrected chi connectivity index (χ3v) is 4.99. The van der Waals surface area contributed by atoms with Crippen molar-refractivity contribution in [1.82, 2.24) is 4.98 Å². The largest absolute Gasteiger partial charge is 0.436 e. The van der Waals surface area contributed by atoms with E-state index in [-0.39, 0.29) is 0 Å². The minimum Gasteiger partial charge on any atom is -0.436 e. The van der Waals surface area contributed by atoms with Gasteiger partial charge in [-0.1, -0.05) is 78.3 Å². The number of fused-ring (bicyclic) bond motifs is 1. The molecule has 0 aliphatic rings. The van der Waals surface area contributed by atoms with Crippen LogP contribution in [-0.2, 0) is 0 Å². The van der Waals surface area contributed by atoms with Gasteiger partial charge in [-0.15, -0.1) is 0 Å². The maximum atomic E-state index is 6.16. The molecule has 0 bridgehead atoms. The van der Waals surface area contributed by atoms with E-state index in [1.165, 1.54) is 0 Å². The van der Waals surface area contributed by atoms with Crippen LogP contribution in [0.2, 0.25) is 5.02 Å². The smallest absolute Gasteiger partial charge is 0.227 e. The van der Waals surface area contributed by atoms with E-state index >= 15 is 0 Å². The molecule has 1 aromatic heterocycles. The van der Waals surface area contributed by atoms with Crippen molar-refractivity contribution in [2.45, 2.75) is 0 Å². The summed E-state index contributed by atoms with van der Waals surface area (Å²) >= 11 is 6.16. The van der Waals surface area contributed by atoms with E-state index < -0.39 is 0 Å². The highest BCUT2D eigenvalue weighted by Crippen LogP contribution is 2.36. The molecule has 0 radical (unpaired) electrons. The van der Waals surface area contributed by atoms with Gasteiger partial charge in [0.25, 0.3) is 0 Å². The first kappa shape index (κ1) is 16.8. The minimum atomic E-state index is 0.569. The van der Waals surface area contributed by atoms with E-state index in [1.807, 2.05) is 60.7 Å². The van der Waals surface area contributed by atoms with Crippen molar-refractivity contribution in [3.8, 4) is 33.7 Å². The van der Waals surface area contributed by atoms with Gasteiger partial charge in [-0.3, -0.25) is 0 Å². The van der Waals surface area contributed by atoms with Crippen molar-refractivity contribution in [1.29, 1.82) is 0 Å². The normalized spacial score (nSPS) is 11.0. The molecule has 0 saturated heterocycles. The summed E-state index contributed by atoms with van der Waals surface area (Å²) in [7, 11) is 0. The lowest BCUT2D eigenvalue weighted by Crippen LogP contribution is -1.84. The number of rotatable bonds is 3. The number of oxazole rings is 1. The summed E-state index contributed by atoms with van der Waals surface area (Å²) in [6.07, 6.45) is 0. The van der Waals surface area contributed by atoms with E-state index in [0.29, 0.717) is 10.9 Å². The number of hydrogen-bond donors (Lipinski definition) is 0. The zero-order valence-electron chi connectivity index (χ0n) is 15.0. The van der Waals surface area contributed by atoms with E-state index in [4.69, 9.17) is 21.0 Å². The second kappa shape index (κ2) is 6.99. The number of benzene rings is 4. The summed E-state index contributed by atoms with van der Waals surface area (Å²) < 4.78 is 6.16. The molecule has 28 heavy (non-hydrogen) atoms. The molecule has 0 aliphatic heterocycles. The third-order valence-electron chi connectivity index (χ3n) is 4.76. The first-order valence-corrected chi connectivity index (χ1v) is 9.47. The van der Waals surface area contributed by atoms with Gasteiger partial charge >= 0.3 is 0 Å². The molecular formula is C25H16ClNO. The van der Waals surface area contributed by atoms with Crippen molar-refractivity contribution >= 4 is 22.7 Å². The lowest BCUT2D eigenvalue weighted by atomic mass is 9.98. The zero-order valence-corrected chi connectivity index (χ0v) is 15.7. The highest BCUT2D eigenvalue weighted by Gasteiger charge is 2.15. The Kier molecular flexibility index (Phi) is 4.19. The first-order valence-electron chi connectivity index (χ1n) is 9.09. The number of nitrogens with zero attached hydrogens (tertiary/aromatic N) is 1. The SMILES string of the molecule is Clc1cccc(-c2nc3c(-c4ccccc4)cc(-c4ccccc4)cc3o2)c1. The lowest BCUT2D eigenvalue weighted by Gasteiger charge is -2.07. The fourth-order valence-electron chi connectivity index (χ4n) is 3.41. The van der Waals surface area contributed by atoms with Crippen molar-refractivity contribution < 1.29 is 4.42 Å². The van der Waals surface area contributed by atoms with Crippen LogP contribution in [0.15, 0.2) is 101 Å². The van der Waals surface area contributed by atoms with Crippen LogP contribution in [0.4, 0.5) is 0 Å². The van der Waals surface area contributed by atoms with E-state index in [0.717, 1.165) is 38.9 Å². The predicted octanol–water partition coefficient (Wildman–Crippen LogP) is 7.48. The van der Waals surface area contributed by atoms with Gasteiger partial charge < -0.3 is 4.42 Å². The Bertz CT molecular complexity index is 1260. The van der Waals surface area contributed by atoms with Crippen LogP contribution < -0.4 is 0 Å². The Labute approximate surface area is 168 Å². The molecule has 0 amide bonds. The van der Waals surface area contributed by atoms with E-state index in [2.05, 4.69) is 36.4 Å². The molecule has 0 aliphatic carbocycles. The molecule has 0 unspecified atom stereocenters. The van der Waals surface area contributed by atoms with E-state index in [9.17, 15) is 0 Å². The summed E-state index contributed by atoms with van der Waals surface area (Å²) in [6, 6.07) is 32.4.